The average molecular weight is 871 g/mol. The van der Waals surface area contributed by atoms with Crippen molar-refractivity contribution in [3.05, 3.63) is 255 Å². The second-order valence-electron chi connectivity index (χ2n) is 16.7. The predicted octanol–water partition coefficient (Wildman–Crippen LogP) is 15.8. The number of anilines is 3. The number of hydrogen-bond acceptors (Lipinski definition) is 5. The Morgan fingerprint density at radius 1 is 0.309 bits per heavy atom. The van der Waals surface area contributed by atoms with E-state index in [2.05, 4.69) is 185 Å². The number of aromatic nitrogens is 5. The number of nitrogens with zero attached hydrogens (tertiary/aromatic N) is 6. The molecule has 0 aliphatic carbocycles. The molecule has 68 heavy (non-hydrogen) atoms. The molecule has 0 fully saturated rings. The maximum absolute atomic E-state index is 5.22. The number of hydrogen-bond donors (Lipinski definition) is 0. The highest BCUT2D eigenvalue weighted by Crippen LogP contribution is 2.41. The summed E-state index contributed by atoms with van der Waals surface area (Å²) in [5.41, 5.74) is 15.9. The quantitative estimate of drug-likeness (QED) is 0.137. The zero-order chi connectivity index (χ0) is 45.2. The lowest BCUT2D eigenvalue weighted by Crippen LogP contribution is -2.09. The van der Waals surface area contributed by atoms with Gasteiger partial charge in [0.05, 0.1) is 11.0 Å². The van der Waals surface area contributed by atoms with Crippen LogP contribution in [0.25, 0.3) is 95.0 Å². The maximum Gasteiger partial charge on any atom is 0.238 e. The Balaban J connectivity index is 0.983. The summed E-state index contributed by atoms with van der Waals surface area (Å²) in [6, 6.07) is 84.9. The molecule has 3 heterocycles. The second kappa shape index (κ2) is 17.6. The lowest BCUT2D eigenvalue weighted by Gasteiger charge is -2.26. The van der Waals surface area contributed by atoms with Gasteiger partial charge in [0.1, 0.15) is 0 Å². The van der Waals surface area contributed by atoms with Crippen LogP contribution in [-0.4, -0.2) is 24.5 Å². The van der Waals surface area contributed by atoms with E-state index in [1.54, 1.807) is 0 Å². The molecule has 9 aromatic carbocycles. The van der Waals surface area contributed by atoms with Crippen LogP contribution >= 0.6 is 0 Å². The van der Waals surface area contributed by atoms with Crippen molar-refractivity contribution < 1.29 is 0 Å². The van der Waals surface area contributed by atoms with E-state index >= 15 is 0 Å². The summed E-state index contributed by atoms with van der Waals surface area (Å²) in [6.07, 6.45) is 3.91. The van der Waals surface area contributed by atoms with E-state index in [-0.39, 0.29) is 0 Å². The number of benzene rings is 9. The zero-order valence-corrected chi connectivity index (χ0v) is 36.9. The van der Waals surface area contributed by atoms with Gasteiger partial charge in [-0.1, -0.05) is 194 Å². The SMILES string of the molecule is c1ccc(-c2ccc(N(c3ccc(-c4ccccc4)cc3)c3ccc(-c4ccc5c(c4)c4cncc(-c6ccccc6)c4n5-c4nc(-c5ccccc5)nc(-c5ccccc5)n4)cc3)cc2)cc1. The van der Waals surface area contributed by atoms with Gasteiger partial charge in [0.25, 0.3) is 0 Å². The lowest BCUT2D eigenvalue weighted by atomic mass is 10.0. The van der Waals surface area contributed by atoms with Crippen LogP contribution in [0.5, 0.6) is 0 Å². The summed E-state index contributed by atoms with van der Waals surface area (Å²) < 4.78 is 2.19. The van der Waals surface area contributed by atoms with E-state index in [0.717, 1.165) is 72.2 Å². The summed E-state index contributed by atoms with van der Waals surface area (Å²) in [6.45, 7) is 0. The van der Waals surface area contributed by atoms with Gasteiger partial charge in [-0.05, 0) is 87.5 Å². The topological polar surface area (TPSA) is 59.7 Å². The number of pyridine rings is 1. The van der Waals surface area contributed by atoms with Gasteiger partial charge in [-0.2, -0.15) is 9.97 Å². The summed E-state index contributed by atoms with van der Waals surface area (Å²) in [5, 5.41) is 2.06. The molecule has 3 aromatic heterocycles. The van der Waals surface area contributed by atoms with E-state index < -0.39 is 0 Å². The van der Waals surface area contributed by atoms with Crippen LogP contribution in [0.2, 0.25) is 0 Å². The molecule has 0 aliphatic rings. The van der Waals surface area contributed by atoms with Gasteiger partial charge < -0.3 is 4.90 Å². The third-order valence-corrected chi connectivity index (χ3v) is 12.6. The monoisotopic (exact) mass is 870 g/mol. The zero-order valence-electron chi connectivity index (χ0n) is 36.9. The molecule has 0 aliphatic heterocycles. The minimum absolute atomic E-state index is 0.534. The van der Waals surface area contributed by atoms with Crippen molar-refractivity contribution in [3.8, 4) is 73.2 Å². The van der Waals surface area contributed by atoms with Crippen molar-refractivity contribution in [1.29, 1.82) is 0 Å². The first-order valence-corrected chi connectivity index (χ1v) is 22.8. The molecule has 0 radical (unpaired) electrons. The Bertz CT molecular complexity index is 3530. The van der Waals surface area contributed by atoms with E-state index in [4.69, 9.17) is 19.9 Å². The molecule has 0 N–H and O–H groups in total. The molecule has 0 saturated heterocycles. The van der Waals surface area contributed by atoms with Gasteiger partial charge >= 0.3 is 0 Å². The fourth-order valence-corrected chi connectivity index (χ4v) is 9.19. The Morgan fingerprint density at radius 2 is 0.691 bits per heavy atom. The summed E-state index contributed by atoms with van der Waals surface area (Å²) in [4.78, 5) is 22.6. The molecular weight excluding hydrogens is 829 g/mol. The smallest absolute Gasteiger partial charge is 0.238 e. The van der Waals surface area contributed by atoms with Crippen molar-refractivity contribution in [3.63, 3.8) is 0 Å². The van der Waals surface area contributed by atoms with Crippen LogP contribution in [0.1, 0.15) is 0 Å². The van der Waals surface area contributed by atoms with Crippen LogP contribution < -0.4 is 4.90 Å². The molecule has 0 unspecified atom stereocenters. The largest absolute Gasteiger partial charge is 0.311 e. The van der Waals surface area contributed by atoms with E-state index in [1.165, 1.54) is 22.3 Å². The lowest BCUT2D eigenvalue weighted by molar-refractivity contribution is 0.953. The highest BCUT2D eigenvalue weighted by molar-refractivity contribution is 6.14. The maximum atomic E-state index is 5.22. The predicted molar refractivity (Wildman–Crippen MR) is 279 cm³/mol. The first-order chi connectivity index (χ1) is 33.7. The van der Waals surface area contributed by atoms with Crippen molar-refractivity contribution in [2.45, 2.75) is 0 Å². The molecule has 6 nitrogen and oxygen atoms in total. The third kappa shape index (κ3) is 7.66. The molecular formula is C62H42N6. The minimum Gasteiger partial charge on any atom is -0.311 e. The third-order valence-electron chi connectivity index (χ3n) is 12.6. The molecule has 0 atom stereocenters. The van der Waals surface area contributed by atoms with Gasteiger partial charge in [0.2, 0.25) is 5.95 Å². The second-order valence-corrected chi connectivity index (χ2v) is 16.7. The van der Waals surface area contributed by atoms with Crippen molar-refractivity contribution >= 4 is 38.9 Å². The molecule has 12 aromatic rings. The van der Waals surface area contributed by atoms with Gasteiger partial charge in [-0.15, -0.1) is 0 Å². The summed E-state index contributed by atoms with van der Waals surface area (Å²) in [7, 11) is 0. The Morgan fingerprint density at radius 3 is 1.15 bits per heavy atom. The standard InChI is InChI=1S/C62H42N6/c1-6-16-43(17-7-1)45-26-33-52(34-27-45)67(53-35-28-46(29-36-53)44-18-8-2-9-19-44)54-37-30-47(31-38-54)51-32-39-58-55(40-51)57-42-63-41-56(48-20-10-3-11-21-48)59(57)68(58)62-65-60(49-22-12-4-13-23-49)64-61(66-62)50-24-14-5-15-25-50/h1-42H. The van der Waals surface area contributed by atoms with Crippen molar-refractivity contribution in [2.24, 2.45) is 0 Å². The van der Waals surface area contributed by atoms with Crippen LogP contribution in [0.4, 0.5) is 17.1 Å². The average Bonchev–Trinajstić information content (AvgIpc) is 3.77. The van der Waals surface area contributed by atoms with Gasteiger partial charge in [-0.3, -0.25) is 9.55 Å². The van der Waals surface area contributed by atoms with Crippen LogP contribution in [0.15, 0.2) is 255 Å². The number of fused-ring (bicyclic) bond motifs is 3. The molecule has 0 amide bonds. The molecule has 6 heteroatoms. The summed E-state index contributed by atoms with van der Waals surface area (Å²) in [5.74, 6) is 1.74. The van der Waals surface area contributed by atoms with Crippen molar-refractivity contribution in [2.75, 3.05) is 4.90 Å². The first kappa shape index (κ1) is 40.3. The van der Waals surface area contributed by atoms with Gasteiger partial charge in [-0.25, -0.2) is 4.98 Å². The molecule has 12 rings (SSSR count). The summed E-state index contributed by atoms with van der Waals surface area (Å²) >= 11 is 0. The fraction of sp³-hybridized carbons (Fsp3) is 0. The highest BCUT2D eigenvalue weighted by atomic mass is 15.2. The fourth-order valence-electron chi connectivity index (χ4n) is 9.19. The minimum atomic E-state index is 0.534. The highest BCUT2D eigenvalue weighted by Gasteiger charge is 2.22. The number of rotatable bonds is 10. The van der Waals surface area contributed by atoms with Crippen LogP contribution in [0.3, 0.4) is 0 Å². The Labute approximate surface area is 394 Å². The molecule has 320 valence electrons. The van der Waals surface area contributed by atoms with E-state index in [0.29, 0.717) is 17.6 Å². The van der Waals surface area contributed by atoms with Gasteiger partial charge in [0.15, 0.2) is 11.6 Å². The first-order valence-electron chi connectivity index (χ1n) is 22.8. The van der Waals surface area contributed by atoms with E-state index in [1.807, 2.05) is 79.1 Å². The molecule has 0 spiro atoms. The normalized spacial score (nSPS) is 11.2. The Hall–Kier alpha value is -9.26. The van der Waals surface area contributed by atoms with Crippen LogP contribution in [0, 0.1) is 0 Å². The van der Waals surface area contributed by atoms with E-state index in [9.17, 15) is 0 Å². The molecule has 0 bridgehead atoms. The van der Waals surface area contributed by atoms with Crippen molar-refractivity contribution in [1.82, 2.24) is 24.5 Å². The van der Waals surface area contributed by atoms with Crippen LogP contribution in [-0.2, 0) is 0 Å². The molecule has 0 saturated carbocycles. The Kier molecular flexibility index (Phi) is 10.4. The van der Waals surface area contributed by atoms with Gasteiger partial charge in [0, 0.05) is 56.9 Å².